The van der Waals surface area contributed by atoms with Crippen molar-refractivity contribution in [1.82, 2.24) is 0 Å². The van der Waals surface area contributed by atoms with Crippen molar-refractivity contribution in [3.8, 4) is 0 Å². The quantitative estimate of drug-likeness (QED) is 0.791. The Morgan fingerprint density at radius 1 is 1.69 bits per heavy atom. The smallest absolute Gasteiger partial charge is 0.165 e. The molecule has 1 unspecified atom stereocenters. The van der Waals surface area contributed by atoms with E-state index in [1.54, 1.807) is 12.2 Å². The van der Waals surface area contributed by atoms with E-state index >= 15 is 0 Å². The van der Waals surface area contributed by atoms with Crippen molar-refractivity contribution in [2.75, 3.05) is 0 Å². The number of fused-ring (bicyclic) bond motifs is 1. The lowest BCUT2D eigenvalue weighted by Gasteiger charge is -2.42. The van der Waals surface area contributed by atoms with E-state index in [4.69, 9.17) is 0 Å². The molecule has 0 aromatic heterocycles. The molecule has 0 saturated heterocycles. The van der Waals surface area contributed by atoms with Crippen molar-refractivity contribution < 1.29 is 9.90 Å². The predicted octanol–water partition coefficient (Wildman–Crippen LogP) is 2.74. The number of aliphatic hydroxyl groups is 1. The second-order valence-corrected chi connectivity index (χ2v) is 5.72. The maximum atomic E-state index is 12.1. The van der Waals surface area contributed by atoms with Gasteiger partial charge in [0.2, 0.25) is 0 Å². The standard InChI is InChI=1S/C13H15BrO2/c1-9(14)8-13-6-5-11(15)7-10(13)3-2-4-12(13)16/h2,4-6,10-11,15H,1,3,7-8H2/t10-,11?,13-/m0/s1. The minimum atomic E-state index is -0.478. The predicted molar refractivity (Wildman–Crippen MR) is 67.1 cm³/mol. The van der Waals surface area contributed by atoms with Gasteiger partial charge in [0.05, 0.1) is 11.5 Å². The first kappa shape index (κ1) is 11.8. The lowest BCUT2D eigenvalue weighted by molar-refractivity contribution is -0.125. The van der Waals surface area contributed by atoms with Crippen LogP contribution in [0.1, 0.15) is 19.3 Å². The number of allylic oxidation sites excluding steroid dienone is 4. The maximum absolute atomic E-state index is 12.1. The van der Waals surface area contributed by atoms with Crippen LogP contribution in [-0.2, 0) is 4.79 Å². The minimum absolute atomic E-state index is 0.132. The molecule has 0 saturated carbocycles. The molecule has 0 fully saturated rings. The van der Waals surface area contributed by atoms with Gasteiger partial charge in [-0.05, 0) is 35.7 Å². The van der Waals surface area contributed by atoms with E-state index in [1.807, 2.05) is 12.2 Å². The maximum Gasteiger partial charge on any atom is 0.165 e. The molecule has 0 heterocycles. The van der Waals surface area contributed by atoms with Gasteiger partial charge in [0.15, 0.2) is 5.78 Å². The van der Waals surface area contributed by atoms with Crippen LogP contribution in [0.3, 0.4) is 0 Å². The van der Waals surface area contributed by atoms with Gasteiger partial charge < -0.3 is 5.11 Å². The van der Waals surface area contributed by atoms with Crippen molar-refractivity contribution in [1.29, 1.82) is 0 Å². The molecule has 0 amide bonds. The highest BCUT2D eigenvalue weighted by molar-refractivity contribution is 9.11. The lowest BCUT2D eigenvalue weighted by Crippen LogP contribution is -2.42. The summed E-state index contributed by atoms with van der Waals surface area (Å²) < 4.78 is 0.835. The summed E-state index contributed by atoms with van der Waals surface area (Å²) >= 11 is 3.34. The van der Waals surface area contributed by atoms with Crippen molar-refractivity contribution in [2.45, 2.75) is 25.4 Å². The Balaban J connectivity index is 2.40. The number of hydrogen-bond acceptors (Lipinski definition) is 2. The van der Waals surface area contributed by atoms with E-state index in [2.05, 4.69) is 22.5 Å². The summed E-state index contributed by atoms with van der Waals surface area (Å²) in [6, 6.07) is 0. The van der Waals surface area contributed by atoms with Gasteiger partial charge in [0.25, 0.3) is 0 Å². The first-order valence-electron chi connectivity index (χ1n) is 5.46. The molecular formula is C13H15BrO2. The molecule has 2 aliphatic carbocycles. The van der Waals surface area contributed by atoms with E-state index in [-0.39, 0.29) is 11.7 Å². The van der Waals surface area contributed by atoms with E-state index in [0.29, 0.717) is 12.8 Å². The molecule has 86 valence electrons. The second kappa shape index (κ2) is 4.30. The monoisotopic (exact) mass is 282 g/mol. The van der Waals surface area contributed by atoms with E-state index in [1.165, 1.54) is 0 Å². The average molecular weight is 283 g/mol. The fraction of sp³-hybridized carbons (Fsp3) is 0.462. The number of aliphatic hydroxyl groups excluding tert-OH is 1. The minimum Gasteiger partial charge on any atom is -0.389 e. The molecule has 0 aromatic rings. The van der Waals surface area contributed by atoms with Crippen LogP contribution in [0.5, 0.6) is 0 Å². The molecule has 2 nitrogen and oxygen atoms in total. The highest BCUT2D eigenvalue weighted by atomic mass is 79.9. The van der Waals surface area contributed by atoms with Gasteiger partial charge in [-0.15, -0.1) is 0 Å². The summed E-state index contributed by atoms with van der Waals surface area (Å²) in [6.45, 7) is 3.83. The molecule has 0 aliphatic heterocycles. The molecule has 3 atom stereocenters. The van der Waals surface area contributed by atoms with E-state index < -0.39 is 11.5 Å². The van der Waals surface area contributed by atoms with Gasteiger partial charge in [-0.1, -0.05) is 40.7 Å². The highest BCUT2D eigenvalue weighted by Gasteiger charge is 2.45. The highest BCUT2D eigenvalue weighted by Crippen LogP contribution is 2.47. The van der Waals surface area contributed by atoms with Gasteiger partial charge in [-0.2, -0.15) is 0 Å². The largest absolute Gasteiger partial charge is 0.389 e. The fourth-order valence-corrected chi connectivity index (χ4v) is 3.16. The molecule has 0 aromatic carbocycles. The van der Waals surface area contributed by atoms with Crippen molar-refractivity contribution >= 4 is 21.7 Å². The van der Waals surface area contributed by atoms with Crippen LogP contribution >= 0.6 is 15.9 Å². The van der Waals surface area contributed by atoms with Crippen molar-refractivity contribution in [3.63, 3.8) is 0 Å². The average Bonchev–Trinajstić information content (AvgIpc) is 2.20. The van der Waals surface area contributed by atoms with Crippen LogP contribution in [0.4, 0.5) is 0 Å². The van der Waals surface area contributed by atoms with Crippen LogP contribution in [0.2, 0.25) is 0 Å². The Kier molecular flexibility index (Phi) is 3.17. The molecule has 16 heavy (non-hydrogen) atoms. The van der Waals surface area contributed by atoms with E-state index in [9.17, 15) is 9.90 Å². The first-order chi connectivity index (χ1) is 7.54. The van der Waals surface area contributed by atoms with Crippen LogP contribution in [0, 0.1) is 11.3 Å². The van der Waals surface area contributed by atoms with Crippen molar-refractivity contribution in [2.24, 2.45) is 11.3 Å². The third-order valence-corrected chi connectivity index (χ3v) is 3.78. The zero-order valence-corrected chi connectivity index (χ0v) is 10.6. The number of rotatable bonds is 2. The van der Waals surface area contributed by atoms with Crippen LogP contribution in [-0.4, -0.2) is 17.0 Å². The Hall–Kier alpha value is -0.670. The van der Waals surface area contributed by atoms with Crippen LogP contribution in [0.25, 0.3) is 0 Å². The number of ketones is 1. The normalized spacial score (nSPS) is 37.2. The van der Waals surface area contributed by atoms with Crippen molar-refractivity contribution in [3.05, 3.63) is 35.4 Å². The Bertz CT molecular complexity index is 383. The van der Waals surface area contributed by atoms with Crippen LogP contribution < -0.4 is 0 Å². The van der Waals surface area contributed by atoms with Gasteiger partial charge in [-0.25, -0.2) is 0 Å². The molecule has 2 aliphatic rings. The van der Waals surface area contributed by atoms with Gasteiger partial charge >= 0.3 is 0 Å². The topological polar surface area (TPSA) is 37.3 Å². The summed E-state index contributed by atoms with van der Waals surface area (Å²) in [6.07, 6.45) is 8.90. The Labute approximate surface area is 104 Å². The molecule has 0 spiro atoms. The first-order valence-corrected chi connectivity index (χ1v) is 6.25. The van der Waals surface area contributed by atoms with E-state index in [0.717, 1.165) is 10.9 Å². The second-order valence-electron chi connectivity index (χ2n) is 4.60. The number of carbonyl (C=O) groups excluding carboxylic acids is 1. The number of halogens is 1. The molecule has 2 rings (SSSR count). The summed E-state index contributed by atoms with van der Waals surface area (Å²) in [5.74, 6) is 0.326. The molecular weight excluding hydrogens is 268 g/mol. The SMILES string of the molecule is C=C(Br)C[C@@]12C=CC(O)C[C@@H]1CC=CC2=O. The molecule has 1 N–H and O–H groups in total. The Morgan fingerprint density at radius 2 is 2.44 bits per heavy atom. The van der Waals surface area contributed by atoms with Gasteiger partial charge in [-0.3, -0.25) is 4.79 Å². The van der Waals surface area contributed by atoms with Gasteiger partial charge in [0, 0.05) is 0 Å². The number of carbonyl (C=O) groups is 1. The zero-order chi connectivity index (χ0) is 11.8. The summed E-state index contributed by atoms with van der Waals surface area (Å²) in [7, 11) is 0. The fourth-order valence-electron chi connectivity index (χ4n) is 2.69. The zero-order valence-electron chi connectivity index (χ0n) is 9.03. The third-order valence-electron chi connectivity index (χ3n) is 3.50. The van der Waals surface area contributed by atoms with Crippen LogP contribution in [0.15, 0.2) is 35.4 Å². The lowest BCUT2D eigenvalue weighted by atomic mass is 9.62. The molecule has 0 bridgehead atoms. The Morgan fingerprint density at radius 3 is 3.12 bits per heavy atom. The number of hydrogen-bond donors (Lipinski definition) is 1. The van der Waals surface area contributed by atoms with Gasteiger partial charge in [0.1, 0.15) is 0 Å². The summed E-state index contributed by atoms with van der Waals surface area (Å²) in [5.41, 5.74) is -0.478. The third kappa shape index (κ3) is 1.94. The molecule has 0 radical (unpaired) electrons. The summed E-state index contributed by atoms with van der Waals surface area (Å²) in [4.78, 5) is 12.1. The summed E-state index contributed by atoms with van der Waals surface area (Å²) in [5, 5.41) is 9.63. The molecule has 3 heteroatoms.